The van der Waals surface area contributed by atoms with E-state index in [1.54, 1.807) is 0 Å². The van der Waals surface area contributed by atoms with Crippen molar-refractivity contribution in [2.24, 2.45) is 5.73 Å². The molecule has 1 aliphatic rings. The molecule has 0 unspecified atom stereocenters. The van der Waals surface area contributed by atoms with Crippen molar-refractivity contribution in [2.75, 3.05) is 26.2 Å². The van der Waals surface area contributed by atoms with Gasteiger partial charge in [-0.1, -0.05) is 30.3 Å². The standard InChI is InChI=1S/C14H20N2O2/c1-14(12-5-3-2-4-6-12)11-16(9-10-18-14)13(17)7-8-15/h2-6H,7-11,15H2,1H3/t14-/m0/s1. The lowest BCUT2D eigenvalue weighted by molar-refractivity contribution is -0.149. The topological polar surface area (TPSA) is 55.6 Å². The fourth-order valence-electron chi connectivity index (χ4n) is 2.33. The molecule has 0 aliphatic carbocycles. The molecule has 98 valence electrons. The number of ether oxygens (including phenoxy) is 1. The van der Waals surface area contributed by atoms with Gasteiger partial charge in [0.25, 0.3) is 0 Å². The van der Waals surface area contributed by atoms with E-state index in [1.165, 1.54) is 0 Å². The van der Waals surface area contributed by atoms with Crippen LogP contribution in [0, 0.1) is 0 Å². The Labute approximate surface area is 108 Å². The fraction of sp³-hybridized carbons (Fsp3) is 0.500. The van der Waals surface area contributed by atoms with Gasteiger partial charge in [0.05, 0.1) is 13.2 Å². The number of benzene rings is 1. The highest BCUT2D eigenvalue weighted by Gasteiger charge is 2.35. The third-order valence-electron chi connectivity index (χ3n) is 3.37. The predicted molar refractivity (Wildman–Crippen MR) is 70.0 cm³/mol. The third-order valence-corrected chi connectivity index (χ3v) is 3.37. The average molecular weight is 248 g/mol. The molecule has 0 bridgehead atoms. The molecule has 0 spiro atoms. The van der Waals surface area contributed by atoms with Gasteiger partial charge in [-0.05, 0) is 12.5 Å². The van der Waals surface area contributed by atoms with Crippen LogP contribution in [0.3, 0.4) is 0 Å². The highest BCUT2D eigenvalue weighted by atomic mass is 16.5. The number of nitrogens with zero attached hydrogens (tertiary/aromatic N) is 1. The van der Waals surface area contributed by atoms with Crippen molar-refractivity contribution in [1.82, 2.24) is 4.90 Å². The number of hydrogen-bond donors (Lipinski definition) is 1. The minimum Gasteiger partial charge on any atom is -0.367 e. The highest BCUT2D eigenvalue weighted by Crippen LogP contribution is 2.29. The lowest BCUT2D eigenvalue weighted by atomic mass is 9.94. The summed E-state index contributed by atoms with van der Waals surface area (Å²) in [5, 5.41) is 0. The van der Waals surface area contributed by atoms with Crippen LogP contribution in [0.1, 0.15) is 18.9 Å². The van der Waals surface area contributed by atoms with E-state index in [-0.39, 0.29) is 5.91 Å². The minimum absolute atomic E-state index is 0.114. The second kappa shape index (κ2) is 5.50. The first-order valence-corrected chi connectivity index (χ1v) is 6.33. The maximum absolute atomic E-state index is 11.9. The molecule has 4 nitrogen and oxygen atoms in total. The highest BCUT2D eigenvalue weighted by molar-refractivity contribution is 5.76. The Morgan fingerprint density at radius 2 is 2.17 bits per heavy atom. The number of carbonyl (C=O) groups is 1. The second-order valence-electron chi connectivity index (χ2n) is 4.80. The van der Waals surface area contributed by atoms with E-state index in [0.29, 0.717) is 32.7 Å². The zero-order chi connectivity index (χ0) is 13.0. The molecule has 1 amide bonds. The lowest BCUT2D eigenvalue weighted by Crippen LogP contribution is -2.50. The van der Waals surface area contributed by atoms with Crippen LogP contribution in [-0.4, -0.2) is 37.0 Å². The third kappa shape index (κ3) is 2.71. The Morgan fingerprint density at radius 1 is 1.44 bits per heavy atom. The van der Waals surface area contributed by atoms with Gasteiger partial charge >= 0.3 is 0 Å². The first kappa shape index (κ1) is 13.1. The van der Waals surface area contributed by atoms with Crippen LogP contribution in [-0.2, 0) is 15.1 Å². The van der Waals surface area contributed by atoms with Gasteiger partial charge in [0.2, 0.25) is 5.91 Å². The van der Waals surface area contributed by atoms with Crippen LogP contribution in [0.25, 0.3) is 0 Å². The summed E-state index contributed by atoms with van der Waals surface area (Å²) in [7, 11) is 0. The van der Waals surface area contributed by atoms with Gasteiger partial charge in [-0.3, -0.25) is 4.79 Å². The zero-order valence-corrected chi connectivity index (χ0v) is 10.8. The van der Waals surface area contributed by atoms with Gasteiger partial charge in [-0.2, -0.15) is 0 Å². The number of amides is 1. The van der Waals surface area contributed by atoms with Gasteiger partial charge in [0.1, 0.15) is 5.60 Å². The Hall–Kier alpha value is -1.39. The van der Waals surface area contributed by atoms with Crippen molar-refractivity contribution in [2.45, 2.75) is 18.9 Å². The van der Waals surface area contributed by atoms with Crippen LogP contribution in [0.4, 0.5) is 0 Å². The van der Waals surface area contributed by atoms with E-state index in [1.807, 2.05) is 42.2 Å². The molecule has 1 saturated heterocycles. The average Bonchev–Trinajstić information content (AvgIpc) is 2.40. The minimum atomic E-state index is -0.413. The quantitative estimate of drug-likeness (QED) is 0.871. The molecule has 2 rings (SSSR count). The SMILES string of the molecule is C[C@@]1(c2ccccc2)CN(C(=O)CCN)CCO1. The monoisotopic (exact) mass is 248 g/mol. The molecule has 1 aliphatic heterocycles. The van der Waals surface area contributed by atoms with Crippen LogP contribution in [0.2, 0.25) is 0 Å². The van der Waals surface area contributed by atoms with Crippen molar-refractivity contribution in [3.63, 3.8) is 0 Å². The van der Waals surface area contributed by atoms with Crippen molar-refractivity contribution in [3.8, 4) is 0 Å². The normalized spacial score (nSPS) is 24.0. The van der Waals surface area contributed by atoms with Crippen molar-refractivity contribution in [1.29, 1.82) is 0 Å². The summed E-state index contributed by atoms with van der Waals surface area (Å²) >= 11 is 0. The summed E-state index contributed by atoms with van der Waals surface area (Å²) in [6, 6.07) is 10.0. The van der Waals surface area contributed by atoms with Gasteiger partial charge < -0.3 is 15.4 Å². The lowest BCUT2D eigenvalue weighted by Gasteiger charge is -2.41. The van der Waals surface area contributed by atoms with Crippen molar-refractivity contribution >= 4 is 5.91 Å². The molecule has 0 aromatic heterocycles. The second-order valence-corrected chi connectivity index (χ2v) is 4.80. The maximum Gasteiger partial charge on any atom is 0.224 e. The zero-order valence-electron chi connectivity index (χ0n) is 10.8. The van der Waals surface area contributed by atoms with Gasteiger partial charge in [-0.15, -0.1) is 0 Å². The fourth-order valence-corrected chi connectivity index (χ4v) is 2.33. The van der Waals surface area contributed by atoms with Crippen LogP contribution in [0.5, 0.6) is 0 Å². The Balaban J connectivity index is 2.12. The Bertz CT molecular complexity index is 408. The Kier molecular flexibility index (Phi) is 3.99. The largest absolute Gasteiger partial charge is 0.367 e. The van der Waals surface area contributed by atoms with E-state index in [9.17, 15) is 4.79 Å². The molecular weight excluding hydrogens is 228 g/mol. The first-order valence-electron chi connectivity index (χ1n) is 6.33. The molecular formula is C14H20N2O2. The predicted octanol–water partition coefficient (Wildman–Crippen LogP) is 1.11. The van der Waals surface area contributed by atoms with E-state index in [2.05, 4.69) is 0 Å². The number of rotatable bonds is 3. The van der Waals surface area contributed by atoms with Gasteiger partial charge in [-0.25, -0.2) is 0 Å². The molecule has 1 aromatic carbocycles. The van der Waals surface area contributed by atoms with Crippen molar-refractivity contribution < 1.29 is 9.53 Å². The van der Waals surface area contributed by atoms with E-state index >= 15 is 0 Å². The molecule has 2 N–H and O–H groups in total. The number of morpholine rings is 1. The number of nitrogens with two attached hydrogens (primary N) is 1. The molecule has 0 saturated carbocycles. The van der Waals surface area contributed by atoms with Crippen molar-refractivity contribution in [3.05, 3.63) is 35.9 Å². The van der Waals surface area contributed by atoms with E-state index in [4.69, 9.17) is 10.5 Å². The number of carbonyl (C=O) groups excluding carboxylic acids is 1. The summed E-state index contributed by atoms with van der Waals surface area (Å²) in [5.41, 5.74) is 6.13. The molecule has 1 heterocycles. The van der Waals surface area contributed by atoms with E-state index < -0.39 is 5.60 Å². The van der Waals surface area contributed by atoms with Crippen LogP contribution < -0.4 is 5.73 Å². The van der Waals surface area contributed by atoms with Gasteiger partial charge in [0, 0.05) is 19.5 Å². The molecule has 0 radical (unpaired) electrons. The van der Waals surface area contributed by atoms with Crippen LogP contribution >= 0.6 is 0 Å². The molecule has 1 atom stereocenters. The molecule has 1 fully saturated rings. The summed E-state index contributed by atoms with van der Waals surface area (Å²) in [4.78, 5) is 13.8. The number of hydrogen-bond acceptors (Lipinski definition) is 3. The molecule has 18 heavy (non-hydrogen) atoms. The summed E-state index contributed by atoms with van der Waals surface area (Å²) in [5.74, 6) is 0.114. The first-order chi connectivity index (χ1) is 8.65. The summed E-state index contributed by atoms with van der Waals surface area (Å²) < 4.78 is 5.88. The summed E-state index contributed by atoms with van der Waals surface area (Å²) in [6.07, 6.45) is 0.408. The van der Waals surface area contributed by atoms with Gasteiger partial charge in [0.15, 0.2) is 0 Å². The molecule has 4 heteroatoms. The Morgan fingerprint density at radius 3 is 2.83 bits per heavy atom. The molecule has 1 aromatic rings. The van der Waals surface area contributed by atoms with E-state index in [0.717, 1.165) is 5.56 Å². The summed E-state index contributed by atoms with van der Waals surface area (Å²) in [6.45, 7) is 4.25. The smallest absolute Gasteiger partial charge is 0.224 e. The van der Waals surface area contributed by atoms with Crippen LogP contribution in [0.15, 0.2) is 30.3 Å². The maximum atomic E-state index is 11.9.